The number of hydrogen-bond donors (Lipinski definition) is 0. The van der Waals surface area contributed by atoms with Crippen LogP contribution in [0.1, 0.15) is 38.8 Å². The second-order valence-corrected chi connectivity index (χ2v) is 9.60. The molecule has 2 heterocycles. The molecule has 0 atom stereocenters. The number of carbonyl (C=O) groups excluding carboxylic acids is 1. The van der Waals surface area contributed by atoms with E-state index in [1.807, 2.05) is 44.3 Å². The maximum absolute atomic E-state index is 14.4. The smallest absolute Gasteiger partial charge is 0.343 e. The van der Waals surface area contributed by atoms with Gasteiger partial charge in [-0.2, -0.15) is 0 Å². The number of ether oxygens (including phenoxy) is 1. The summed E-state index contributed by atoms with van der Waals surface area (Å²) in [6.45, 7) is 4.64. The zero-order valence-electron chi connectivity index (χ0n) is 19.8. The van der Waals surface area contributed by atoms with Crippen LogP contribution in [-0.2, 0) is 24.4 Å². The molecule has 35 heavy (non-hydrogen) atoms. The van der Waals surface area contributed by atoms with Crippen LogP contribution in [0.2, 0.25) is 0 Å². The van der Waals surface area contributed by atoms with Gasteiger partial charge in [0.2, 0.25) is 5.43 Å². The predicted octanol–water partition coefficient (Wildman–Crippen LogP) is 5.51. The number of esters is 1. The van der Waals surface area contributed by atoms with Crippen LogP contribution in [0.5, 0.6) is 0 Å². The molecule has 4 aromatic rings. The molecule has 0 fully saturated rings. The molecule has 4 rings (SSSR count). The van der Waals surface area contributed by atoms with Gasteiger partial charge in [-0.05, 0) is 44.2 Å². The topological polar surface area (TPSA) is 51.5 Å². The second kappa shape index (κ2) is 10.5. The Morgan fingerprint density at radius 3 is 2.37 bits per heavy atom. The lowest BCUT2D eigenvalue weighted by Crippen LogP contribution is -2.23. The predicted molar refractivity (Wildman–Crippen MR) is 134 cm³/mol. The van der Waals surface area contributed by atoms with Crippen molar-refractivity contribution in [1.29, 1.82) is 0 Å². The Morgan fingerprint density at radius 2 is 1.71 bits per heavy atom. The number of thiophene rings is 1. The number of aryl methyl sites for hydroxylation is 1. The van der Waals surface area contributed by atoms with Crippen LogP contribution >= 0.6 is 11.3 Å². The normalized spacial score (nSPS) is 11.4. The Labute approximate surface area is 206 Å². The quantitative estimate of drug-likeness (QED) is 0.302. The third-order valence-electron chi connectivity index (χ3n) is 5.82. The lowest BCUT2D eigenvalue weighted by atomic mass is 10.1. The minimum atomic E-state index is -0.755. The number of rotatable bonds is 8. The Bertz CT molecular complexity index is 1410. The van der Waals surface area contributed by atoms with Crippen molar-refractivity contribution in [1.82, 2.24) is 9.47 Å². The Hall–Kier alpha value is -3.36. The minimum absolute atomic E-state index is 0.105. The fourth-order valence-electron chi connectivity index (χ4n) is 4.14. The molecule has 182 valence electrons. The van der Waals surface area contributed by atoms with Crippen LogP contribution in [0, 0.1) is 18.6 Å². The number of fused-ring (bicyclic) bond motifs is 1. The average molecular weight is 497 g/mol. The molecule has 0 saturated heterocycles. The fourth-order valence-corrected chi connectivity index (χ4v) is 5.28. The zero-order chi connectivity index (χ0) is 25.1. The van der Waals surface area contributed by atoms with Crippen molar-refractivity contribution >= 4 is 27.5 Å². The fraction of sp³-hybridized carbons (Fsp3) is 0.259. The molecule has 5 nitrogen and oxygen atoms in total. The molecule has 0 aliphatic heterocycles. The largest absolute Gasteiger partial charge is 0.462 e. The monoisotopic (exact) mass is 496 g/mol. The number of nitrogens with zero attached hydrogens (tertiary/aromatic N) is 2. The van der Waals surface area contributed by atoms with E-state index in [4.69, 9.17) is 4.74 Å². The first-order valence-corrected chi connectivity index (χ1v) is 12.1. The molecule has 0 N–H and O–H groups in total. The van der Waals surface area contributed by atoms with E-state index >= 15 is 0 Å². The van der Waals surface area contributed by atoms with Gasteiger partial charge < -0.3 is 9.30 Å². The number of hydrogen-bond acceptors (Lipinski definition) is 5. The van der Waals surface area contributed by atoms with E-state index in [-0.39, 0.29) is 24.3 Å². The molecule has 0 aliphatic rings. The summed E-state index contributed by atoms with van der Waals surface area (Å²) in [7, 11) is 1.96. The van der Waals surface area contributed by atoms with Gasteiger partial charge in [0.1, 0.15) is 22.0 Å². The van der Waals surface area contributed by atoms with Gasteiger partial charge in [0.05, 0.1) is 18.5 Å². The molecule has 0 bridgehead atoms. The number of carbonyl (C=O) groups is 1. The maximum Gasteiger partial charge on any atom is 0.343 e. The molecule has 0 amide bonds. The van der Waals surface area contributed by atoms with Crippen molar-refractivity contribution in [2.45, 2.75) is 33.5 Å². The van der Waals surface area contributed by atoms with Crippen LogP contribution in [0.3, 0.4) is 0 Å². The summed E-state index contributed by atoms with van der Waals surface area (Å²) in [5.41, 5.74) is 1.20. The average Bonchev–Trinajstić information content (AvgIpc) is 3.15. The van der Waals surface area contributed by atoms with Crippen LogP contribution in [0.4, 0.5) is 8.78 Å². The molecule has 0 radical (unpaired) electrons. The molecule has 0 unspecified atom stereocenters. The van der Waals surface area contributed by atoms with E-state index in [1.54, 1.807) is 11.5 Å². The first-order chi connectivity index (χ1) is 16.8. The van der Waals surface area contributed by atoms with Crippen molar-refractivity contribution in [2.75, 3.05) is 13.7 Å². The van der Waals surface area contributed by atoms with Crippen LogP contribution in [0.15, 0.2) is 59.5 Å². The third-order valence-corrected chi connectivity index (χ3v) is 7.00. The lowest BCUT2D eigenvalue weighted by Gasteiger charge is -2.17. The van der Waals surface area contributed by atoms with E-state index in [0.29, 0.717) is 23.3 Å². The van der Waals surface area contributed by atoms with Gasteiger partial charge in [-0.1, -0.05) is 36.4 Å². The standard InChI is InChI=1S/C27H26F2N2O3S/c1-4-34-27(33)21-16-31(15-20-22(28)11-8-12-23(20)29)26-24(25(21)32)19(17(2)35-26)14-30(3)13-18-9-6-5-7-10-18/h5-12,16H,4,13-15H2,1-3H3. The highest BCUT2D eigenvalue weighted by atomic mass is 32.1. The third kappa shape index (κ3) is 5.18. The van der Waals surface area contributed by atoms with Crippen LogP contribution in [0.25, 0.3) is 10.2 Å². The summed E-state index contributed by atoms with van der Waals surface area (Å²) >= 11 is 1.37. The van der Waals surface area contributed by atoms with Gasteiger partial charge >= 0.3 is 5.97 Å². The van der Waals surface area contributed by atoms with E-state index in [9.17, 15) is 18.4 Å². The molecular weight excluding hydrogens is 470 g/mol. The van der Waals surface area contributed by atoms with Crippen molar-refractivity contribution in [3.05, 3.63) is 104 Å². The molecule has 2 aromatic carbocycles. The molecule has 0 saturated carbocycles. The summed E-state index contributed by atoms with van der Waals surface area (Å²) in [6, 6.07) is 13.6. The molecule has 0 aliphatic carbocycles. The van der Waals surface area contributed by atoms with Gasteiger partial charge in [-0.25, -0.2) is 13.6 Å². The number of halogens is 2. The van der Waals surface area contributed by atoms with Gasteiger partial charge in [0.25, 0.3) is 0 Å². The van der Waals surface area contributed by atoms with Crippen molar-refractivity contribution in [2.24, 2.45) is 0 Å². The second-order valence-electron chi connectivity index (χ2n) is 8.40. The number of pyridine rings is 1. The van der Waals surface area contributed by atoms with Gasteiger partial charge in [0.15, 0.2) is 0 Å². The van der Waals surface area contributed by atoms with Crippen molar-refractivity contribution in [3.63, 3.8) is 0 Å². The van der Waals surface area contributed by atoms with Gasteiger partial charge in [0, 0.05) is 29.7 Å². The molecular formula is C27H26F2N2O3S. The van der Waals surface area contributed by atoms with Crippen LogP contribution < -0.4 is 5.43 Å². The summed E-state index contributed by atoms with van der Waals surface area (Å²) in [5.74, 6) is -2.13. The first kappa shape index (κ1) is 24.8. The summed E-state index contributed by atoms with van der Waals surface area (Å²) in [5, 5.41) is 0.384. The highest BCUT2D eigenvalue weighted by Crippen LogP contribution is 2.31. The van der Waals surface area contributed by atoms with E-state index in [1.165, 1.54) is 35.7 Å². The molecule has 2 aromatic heterocycles. The molecule has 8 heteroatoms. The number of aromatic nitrogens is 1. The zero-order valence-corrected chi connectivity index (χ0v) is 20.6. The van der Waals surface area contributed by atoms with E-state index in [2.05, 4.69) is 4.90 Å². The van der Waals surface area contributed by atoms with Gasteiger partial charge in [-0.15, -0.1) is 11.3 Å². The maximum atomic E-state index is 14.4. The summed E-state index contributed by atoms with van der Waals surface area (Å²) < 4.78 is 35.6. The summed E-state index contributed by atoms with van der Waals surface area (Å²) in [4.78, 5) is 29.7. The van der Waals surface area contributed by atoms with Crippen LogP contribution in [-0.4, -0.2) is 29.1 Å². The highest BCUT2D eigenvalue weighted by Gasteiger charge is 2.23. The highest BCUT2D eigenvalue weighted by molar-refractivity contribution is 7.18. The van der Waals surface area contributed by atoms with Crippen molar-refractivity contribution in [3.8, 4) is 0 Å². The van der Waals surface area contributed by atoms with E-state index in [0.717, 1.165) is 16.0 Å². The first-order valence-electron chi connectivity index (χ1n) is 11.3. The lowest BCUT2D eigenvalue weighted by molar-refractivity contribution is 0.0524. The Balaban J connectivity index is 1.83. The summed E-state index contributed by atoms with van der Waals surface area (Å²) in [6.07, 6.45) is 1.35. The Kier molecular flexibility index (Phi) is 7.42. The van der Waals surface area contributed by atoms with E-state index < -0.39 is 23.0 Å². The number of benzene rings is 2. The SMILES string of the molecule is CCOC(=O)c1cn(Cc2c(F)cccc2F)c2sc(C)c(CN(C)Cc3ccccc3)c2c1=O. The molecule has 0 spiro atoms. The minimum Gasteiger partial charge on any atom is -0.462 e. The Morgan fingerprint density at radius 1 is 1.03 bits per heavy atom. The van der Waals surface area contributed by atoms with Crippen molar-refractivity contribution < 1.29 is 18.3 Å². The van der Waals surface area contributed by atoms with Gasteiger partial charge in [-0.3, -0.25) is 9.69 Å².